The van der Waals surface area contributed by atoms with E-state index in [-0.39, 0.29) is 0 Å². The van der Waals surface area contributed by atoms with E-state index in [9.17, 15) is 0 Å². The van der Waals surface area contributed by atoms with Crippen LogP contribution in [0, 0.1) is 0 Å². The molecular weight excluding hydrogens is 172 g/mol. The molecule has 0 spiro atoms. The molecule has 1 heterocycles. The molecule has 1 aromatic rings. The van der Waals surface area contributed by atoms with E-state index in [0.29, 0.717) is 5.82 Å². The van der Waals surface area contributed by atoms with E-state index in [4.69, 9.17) is 5.73 Å². The molecule has 12 heavy (non-hydrogen) atoms. The second kappa shape index (κ2) is 4.82. The number of rotatable bonds is 4. The molecule has 0 saturated heterocycles. The maximum Gasteiger partial charge on any atom is 0.146 e. The highest BCUT2D eigenvalue weighted by Crippen LogP contribution is 2.02. The molecule has 4 nitrogen and oxygen atoms in total. The summed E-state index contributed by atoms with van der Waals surface area (Å²) in [7, 11) is 0. The third kappa shape index (κ3) is 2.96. The second-order valence-electron chi connectivity index (χ2n) is 2.25. The molecule has 0 fully saturated rings. The lowest BCUT2D eigenvalue weighted by molar-refractivity contribution is 1.13. The first-order chi connectivity index (χ1) is 5.83. The number of thioether (sulfide) groups is 1. The molecule has 0 unspecified atom stereocenters. The van der Waals surface area contributed by atoms with Gasteiger partial charge in [-0.15, -0.1) is 0 Å². The van der Waals surface area contributed by atoms with E-state index >= 15 is 0 Å². The van der Waals surface area contributed by atoms with Gasteiger partial charge in [0, 0.05) is 12.3 Å². The molecule has 0 saturated carbocycles. The predicted molar refractivity (Wildman–Crippen MR) is 53.3 cm³/mol. The minimum atomic E-state index is 0.448. The highest BCUT2D eigenvalue weighted by molar-refractivity contribution is 7.98. The Morgan fingerprint density at radius 2 is 2.42 bits per heavy atom. The Kier molecular flexibility index (Phi) is 3.66. The Morgan fingerprint density at radius 3 is 3.08 bits per heavy atom. The van der Waals surface area contributed by atoms with Gasteiger partial charge in [0.1, 0.15) is 11.6 Å². The molecule has 66 valence electrons. The van der Waals surface area contributed by atoms with Crippen LogP contribution in [-0.4, -0.2) is 28.5 Å². The molecule has 5 heteroatoms. The minimum absolute atomic E-state index is 0.448. The number of hydrogen-bond donors (Lipinski definition) is 2. The number of hydrogen-bond acceptors (Lipinski definition) is 5. The third-order valence-electron chi connectivity index (χ3n) is 1.27. The fourth-order valence-corrected chi connectivity index (χ4v) is 1.05. The average Bonchev–Trinajstić information content (AvgIpc) is 2.05. The first-order valence-corrected chi connectivity index (χ1v) is 5.02. The number of nitrogen functional groups attached to an aromatic ring is 1. The smallest absolute Gasteiger partial charge is 0.146 e. The Balaban J connectivity index is 2.41. The third-order valence-corrected chi connectivity index (χ3v) is 1.88. The summed E-state index contributed by atoms with van der Waals surface area (Å²) in [6.07, 6.45) is 5.25. The Hall–Kier alpha value is -0.970. The van der Waals surface area contributed by atoms with Crippen molar-refractivity contribution in [2.75, 3.05) is 29.6 Å². The van der Waals surface area contributed by atoms with Gasteiger partial charge in [-0.05, 0) is 6.26 Å². The van der Waals surface area contributed by atoms with Crippen LogP contribution in [0.25, 0.3) is 0 Å². The molecule has 0 aromatic carbocycles. The molecule has 0 radical (unpaired) electrons. The van der Waals surface area contributed by atoms with Gasteiger partial charge in [0.2, 0.25) is 0 Å². The van der Waals surface area contributed by atoms with E-state index in [1.807, 2.05) is 0 Å². The Morgan fingerprint density at radius 1 is 1.58 bits per heavy atom. The van der Waals surface area contributed by atoms with E-state index < -0.39 is 0 Å². The topological polar surface area (TPSA) is 63.8 Å². The van der Waals surface area contributed by atoms with Gasteiger partial charge >= 0.3 is 0 Å². The highest BCUT2D eigenvalue weighted by atomic mass is 32.2. The van der Waals surface area contributed by atoms with Crippen molar-refractivity contribution in [3.63, 3.8) is 0 Å². The SMILES string of the molecule is CSCCNc1cncc(N)n1. The van der Waals surface area contributed by atoms with E-state index in [1.54, 1.807) is 18.0 Å². The summed E-state index contributed by atoms with van der Waals surface area (Å²) in [5.74, 6) is 2.24. The average molecular weight is 184 g/mol. The molecule has 0 amide bonds. The zero-order chi connectivity index (χ0) is 8.81. The number of aromatic nitrogens is 2. The maximum atomic E-state index is 5.44. The van der Waals surface area contributed by atoms with Crippen molar-refractivity contribution in [2.45, 2.75) is 0 Å². The van der Waals surface area contributed by atoms with Crippen molar-refractivity contribution in [1.29, 1.82) is 0 Å². The summed E-state index contributed by atoms with van der Waals surface area (Å²) >= 11 is 1.78. The lowest BCUT2D eigenvalue weighted by atomic mass is 10.6. The molecule has 0 bridgehead atoms. The zero-order valence-corrected chi connectivity index (χ0v) is 7.77. The van der Waals surface area contributed by atoms with Crippen LogP contribution in [0.5, 0.6) is 0 Å². The van der Waals surface area contributed by atoms with Crippen LogP contribution in [0.1, 0.15) is 0 Å². The van der Waals surface area contributed by atoms with Crippen LogP contribution in [0.3, 0.4) is 0 Å². The van der Waals surface area contributed by atoms with Gasteiger partial charge < -0.3 is 11.1 Å². The Bertz CT molecular complexity index is 241. The summed E-state index contributed by atoms with van der Waals surface area (Å²) in [6, 6.07) is 0. The van der Waals surface area contributed by atoms with Crippen LogP contribution in [-0.2, 0) is 0 Å². The number of nitrogens with one attached hydrogen (secondary N) is 1. The Labute approximate surface area is 76.0 Å². The van der Waals surface area contributed by atoms with Gasteiger partial charge in [0.25, 0.3) is 0 Å². The van der Waals surface area contributed by atoms with Crippen LogP contribution < -0.4 is 11.1 Å². The van der Waals surface area contributed by atoms with Gasteiger partial charge in [-0.3, -0.25) is 4.98 Å². The first kappa shape index (κ1) is 9.12. The maximum absolute atomic E-state index is 5.44. The van der Waals surface area contributed by atoms with Crippen molar-refractivity contribution in [2.24, 2.45) is 0 Å². The number of nitrogens with two attached hydrogens (primary N) is 1. The van der Waals surface area contributed by atoms with Crippen molar-refractivity contribution in [3.8, 4) is 0 Å². The van der Waals surface area contributed by atoms with Crippen molar-refractivity contribution in [1.82, 2.24) is 9.97 Å². The second-order valence-corrected chi connectivity index (χ2v) is 3.23. The van der Waals surface area contributed by atoms with E-state index in [1.165, 1.54) is 6.20 Å². The zero-order valence-electron chi connectivity index (χ0n) is 6.95. The summed E-state index contributed by atoms with van der Waals surface area (Å²) in [6.45, 7) is 0.888. The molecule has 0 aliphatic carbocycles. The van der Waals surface area contributed by atoms with Gasteiger partial charge in [-0.1, -0.05) is 0 Å². The van der Waals surface area contributed by atoms with Crippen molar-refractivity contribution in [3.05, 3.63) is 12.4 Å². The van der Waals surface area contributed by atoms with Gasteiger partial charge in [0.05, 0.1) is 12.4 Å². The molecule has 0 aliphatic rings. The number of nitrogens with zero attached hydrogens (tertiary/aromatic N) is 2. The largest absolute Gasteiger partial charge is 0.382 e. The van der Waals surface area contributed by atoms with Gasteiger partial charge in [-0.2, -0.15) is 11.8 Å². The standard InChI is InChI=1S/C7H12N4S/c1-12-3-2-10-7-5-9-4-6(8)11-7/h4-5H,2-3H2,1H3,(H3,8,10,11). The normalized spacial score (nSPS) is 9.75. The lowest BCUT2D eigenvalue weighted by Gasteiger charge is -2.03. The van der Waals surface area contributed by atoms with Crippen LogP contribution in [0.4, 0.5) is 11.6 Å². The summed E-state index contributed by atoms with van der Waals surface area (Å²) in [4.78, 5) is 7.95. The summed E-state index contributed by atoms with van der Waals surface area (Å²) in [5, 5.41) is 3.11. The minimum Gasteiger partial charge on any atom is -0.382 e. The molecule has 1 aromatic heterocycles. The van der Waals surface area contributed by atoms with Gasteiger partial charge in [0.15, 0.2) is 0 Å². The first-order valence-electron chi connectivity index (χ1n) is 3.63. The van der Waals surface area contributed by atoms with Crippen LogP contribution >= 0.6 is 11.8 Å². The molecule has 0 aliphatic heterocycles. The summed E-state index contributed by atoms with van der Waals surface area (Å²) in [5.41, 5.74) is 5.44. The highest BCUT2D eigenvalue weighted by Gasteiger charge is 1.92. The molecule has 1 rings (SSSR count). The lowest BCUT2D eigenvalue weighted by Crippen LogP contribution is -2.06. The van der Waals surface area contributed by atoms with Crippen LogP contribution in [0.15, 0.2) is 12.4 Å². The quantitative estimate of drug-likeness (QED) is 0.679. The summed E-state index contributed by atoms with van der Waals surface area (Å²) < 4.78 is 0. The monoisotopic (exact) mass is 184 g/mol. The number of anilines is 2. The van der Waals surface area contributed by atoms with Crippen molar-refractivity contribution < 1.29 is 0 Å². The molecule has 3 N–H and O–H groups in total. The van der Waals surface area contributed by atoms with E-state index in [2.05, 4.69) is 21.5 Å². The molecular formula is C7H12N4S. The van der Waals surface area contributed by atoms with E-state index in [0.717, 1.165) is 18.1 Å². The van der Waals surface area contributed by atoms with Gasteiger partial charge in [-0.25, -0.2) is 4.98 Å². The predicted octanol–water partition coefficient (Wildman–Crippen LogP) is 0.834. The fourth-order valence-electron chi connectivity index (χ4n) is 0.747. The fraction of sp³-hybridized carbons (Fsp3) is 0.429. The van der Waals surface area contributed by atoms with Crippen LogP contribution in [0.2, 0.25) is 0 Å². The van der Waals surface area contributed by atoms with Crippen molar-refractivity contribution >= 4 is 23.4 Å². The molecule has 0 atom stereocenters.